The van der Waals surface area contributed by atoms with Gasteiger partial charge in [0.2, 0.25) is 5.90 Å². The summed E-state index contributed by atoms with van der Waals surface area (Å²) in [6, 6.07) is 9.94. The molecule has 0 spiro atoms. The predicted octanol–water partition coefficient (Wildman–Crippen LogP) is 3.18. The zero-order chi connectivity index (χ0) is 27.4. The highest BCUT2D eigenvalue weighted by atomic mass is 19.1. The number of aromatic nitrogens is 3. The van der Waals surface area contributed by atoms with Gasteiger partial charge >= 0.3 is 0 Å². The van der Waals surface area contributed by atoms with E-state index in [-0.39, 0.29) is 23.3 Å². The molecular formula is C28H29FN6O4. The number of phenolic OH excluding ortho intramolecular Hbond substituents is 1. The van der Waals surface area contributed by atoms with Crippen molar-refractivity contribution in [2.75, 3.05) is 45.4 Å². The second-order valence-electron chi connectivity index (χ2n) is 9.01. The number of rotatable bonds is 7. The molecule has 2 aromatic heterocycles. The lowest BCUT2D eigenvalue weighted by Gasteiger charge is -2.29. The van der Waals surface area contributed by atoms with Gasteiger partial charge in [0.05, 0.1) is 43.2 Å². The third-order valence-corrected chi connectivity index (χ3v) is 6.69. The van der Waals surface area contributed by atoms with Gasteiger partial charge in [0.1, 0.15) is 17.9 Å². The van der Waals surface area contributed by atoms with Crippen LogP contribution in [-0.2, 0) is 15.9 Å². The highest BCUT2D eigenvalue weighted by Gasteiger charge is 2.22. The highest BCUT2D eigenvalue weighted by molar-refractivity contribution is 5.95. The molecule has 2 aromatic carbocycles. The molecule has 1 aliphatic heterocycles. The summed E-state index contributed by atoms with van der Waals surface area (Å²) >= 11 is 0. The summed E-state index contributed by atoms with van der Waals surface area (Å²) < 4.78 is 26.0. The molecule has 1 fully saturated rings. The molecule has 3 heterocycles. The number of aromatic hydroxyl groups is 1. The van der Waals surface area contributed by atoms with Crippen molar-refractivity contribution in [1.29, 1.82) is 0 Å². The topological polar surface area (TPSA) is 125 Å². The van der Waals surface area contributed by atoms with Crippen molar-refractivity contribution < 1.29 is 24.1 Å². The number of nitrogens with one attached hydrogen (secondary N) is 1. The van der Waals surface area contributed by atoms with Gasteiger partial charge in [0, 0.05) is 67.2 Å². The van der Waals surface area contributed by atoms with Gasteiger partial charge in [0.15, 0.2) is 0 Å². The lowest BCUT2D eigenvalue weighted by molar-refractivity contribution is 0.122. The number of fused-ring (bicyclic) bond motifs is 1. The van der Waals surface area contributed by atoms with E-state index in [2.05, 4.69) is 30.4 Å². The molecule has 4 aromatic rings. The maximum atomic E-state index is 15.2. The molecule has 39 heavy (non-hydrogen) atoms. The maximum absolute atomic E-state index is 15.2. The Bertz CT molecular complexity index is 1510. The molecule has 10 nitrogen and oxygen atoms in total. The van der Waals surface area contributed by atoms with E-state index >= 15 is 4.39 Å². The quantitative estimate of drug-likeness (QED) is 0.187. The summed E-state index contributed by atoms with van der Waals surface area (Å²) in [5.74, 6) is -0.725. The number of phenols is 1. The summed E-state index contributed by atoms with van der Waals surface area (Å²) in [5, 5.41) is 26.5. The van der Waals surface area contributed by atoms with Crippen LogP contribution < -0.4 is 10.3 Å². The smallest absolute Gasteiger partial charge is 0.239 e. The number of anilines is 1. The third-order valence-electron chi connectivity index (χ3n) is 6.69. The summed E-state index contributed by atoms with van der Waals surface area (Å²) in [4.78, 5) is 15.1. The number of benzene rings is 2. The third kappa shape index (κ3) is 5.45. The number of pyridine rings is 1. The van der Waals surface area contributed by atoms with Gasteiger partial charge in [-0.1, -0.05) is 0 Å². The van der Waals surface area contributed by atoms with Gasteiger partial charge in [-0.3, -0.25) is 4.98 Å². The van der Waals surface area contributed by atoms with Crippen molar-refractivity contribution in [3.63, 3.8) is 0 Å². The van der Waals surface area contributed by atoms with Gasteiger partial charge in [-0.05, 0) is 35.9 Å². The fraction of sp³-hybridized carbons (Fsp3) is 0.286. The van der Waals surface area contributed by atoms with Crippen LogP contribution in [0.2, 0.25) is 0 Å². The Morgan fingerprint density at radius 1 is 1.21 bits per heavy atom. The number of morpholine rings is 1. The number of aliphatic hydroxyl groups excluding tert-OH is 1. The minimum absolute atomic E-state index is 0.0933. The van der Waals surface area contributed by atoms with Crippen LogP contribution in [0.15, 0.2) is 60.2 Å². The number of nitrogens with zero attached hydrogens (tertiary/aromatic N) is 5. The Kier molecular flexibility index (Phi) is 7.80. The zero-order valence-corrected chi connectivity index (χ0v) is 21.6. The largest absolute Gasteiger partial charge is 0.507 e. The molecule has 0 saturated carbocycles. The number of hydrogen-bond donors (Lipinski definition) is 3. The van der Waals surface area contributed by atoms with Crippen LogP contribution in [0, 0.1) is 5.82 Å². The lowest BCUT2D eigenvalue weighted by Crippen LogP contribution is -2.36. The molecule has 5 rings (SSSR count). The molecular weight excluding hydrogens is 503 g/mol. The van der Waals surface area contributed by atoms with Gasteiger partial charge < -0.3 is 30.0 Å². The Labute approximate surface area is 224 Å². The van der Waals surface area contributed by atoms with E-state index < -0.39 is 11.9 Å². The molecule has 1 unspecified atom stereocenters. The van der Waals surface area contributed by atoms with E-state index in [4.69, 9.17) is 9.47 Å². The summed E-state index contributed by atoms with van der Waals surface area (Å²) in [7, 11) is 3.12. The predicted molar refractivity (Wildman–Crippen MR) is 145 cm³/mol. The minimum Gasteiger partial charge on any atom is -0.507 e. The minimum atomic E-state index is -1.17. The van der Waals surface area contributed by atoms with E-state index in [0.29, 0.717) is 46.8 Å². The molecule has 11 heteroatoms. The average molecular weight is 533 g/mol. The van der Waals surface area contributed by atoms with Crippen molar-refractivity contribution in [1.82, 2.24) is 20.4 Å². The number of halogens is 1. The van der Waals surface area contributed by atoms with Crippen molar-refractivity contribution in [3.8, 4) is 17.0 Å². The summed E-state index contributed by atoms with van der Waals surface area (Å²) in [6.45, 7) is 2.88. The molecule has 3 N–H and O–H groups in total. The summed E-state index contributed by atoms with van der Waals surface area (Å²) in [6.07, 6.45) is 3.48. The second kappa shape index (κ2) is 11.6. The normalized spacial score (nSPS) is 14.9. The van der Waals surface area contributed by atoms with Crippen molar-refractivity contribution in [2.45, 2.75) is 12.5 Å². The molecule has 0 radical (unpaired) electrons. The van der Waals surface area contributed by atoms with Crippen LogP contribution in [0.25, 0.3) is 22.2 Å². The fourth-order valence-electron chi connectivity index (χ4n) is 4.74. The van der Waals surface area contributed by atoms with Gasteiger partial charge in [-0.25, -0.2) is 14.4 Å². The van der Waals surface area contributed by atoms with Crippen LogP contribution in [-0.4, -0.2) is 71.5 Å². The first-order chi connectivity index (χ1) is 19.0. The first-order valence-corrected chi connectivity index (χ1v) is 12.5. The number of methoxy groups -OCH3 is 1. The Morgan fingerprint density at radius 2 is 2.03 bits per heavy atom. The van der Waals surface area contributed by atoms with Gasteiger partial charge in [-0.15, -0.1) is 5.10 Å². The number of hydrazone groups is 1. The lowest BCUT2D eigenvalue weighted by atomic mass is 9.95. The Balaban J connectivity index is 1.50. The van der Waals surface area contributed by atoms with Crippen molar-refractivity contribution in [2.24, 2.45) is 5.10 Å². The maximum Gasteiger partial charge on any atom is 0.239 e. The molecule has 0 amide bonds. The van der Waals surface area contributed by atoms with Crippen LogP contribution in [0.5, 0.6) is 5.75 Å². The van der Waals surface area contributed by atoms with Gasteiger partial charge in [0.25, 0.3) is 0 Å². The molecule has 202 valence electrons. The van der Waals surface area contributed by atoms with Crippen LogP contribution in [0.3, 0.4) is 0 Å². The van der Waals surface area contributed by atoms with E-state index in [1.807, 2.05) is 18.2 Å². The van der Waals surface area contributed by atoms with E-state index in [9.17, 15) is 10.2 Å². The van der Waals surface area contributed by atoms with E-state index in [1.54, 1.807) is 25.5 Å². The second-order valence-corrected chi connectivity index (χ2v) is 9.01. The number of aliphatic hydroxyl groups is 1. The fourth-order valence-corrected chi connectivity index (χ4v) is 4.74. The number of hydrogen-bond acceptors (Lipinski definition) is 10. The molecule has 0 bridgehead atoms. The Hall–Kier alpha value is -4.35. The highest BCUT2D eigenvalue weighted by Crippen LogP contribution is 2.36. The molecule has 0 aliphatic carbocycles. The SMILES string of the molecule is CN/N=C(/OC)c1cnccc1CC(O)c1cc(-c2ncnc3cc(N4CCOCC4)ccc23)c(F)cc1O. The Morgan fingerprint density at radius 3 is 2.79 bits per heavy atom. The monoisotopic (exact) mass is 532 g/mol. The first kappa shape index (κ1) is 26.3. The van der Waals surface area contributed by atoms with E-state index in [0.717, 1.165) is 24.8 Å². The molecule has 1 saturated heterocycles. The van der Waals surface area contributed by atoms with Crippen molar-refractivity contribution in [3.05, 3.63) is 77.6 Å². The summed E-state index contributed by atoms with van der Waals surface area (Å²) in [5.41, 5.74) is 6.28. The van der Waals surface area contributed by atoms with Crippen LogP contribution >= 0.6 is 0 Å². The zero-order valence-electron chi connectivity index (χ0n) is 21.6. The average Bonchev–Trinajstić information content (AvgIpc) is 2.96. The van der Waals surface area contributed by atoms with Crippen LogP contribution in [0.1, 0.15) is 22.8 Å². The van der Waals surface area contributed by atoms with E-state index in [1.165, 1.54) is 19.5 Å². The van der Waals surface area contributed by atoms with Gasteiger partial charge in [-0.2, -0.15) is 0 Å². The standard InChI is InChI=1S/C28H29FN6O4/c1-30-34-28(38-2)22-15-31-6-5-17(22)11-25(36)21-13-20(23(29)14-26(21)37)27-19-4-3-18(12-24(19)32-16-33-27)35-7-9-39-10-8-35/h3-6,12-16,25,30,36-37H,7-11H2,1-2H3/b34-28+. The number of ether oxygens (including phenoxy) is 2. The molecule has 1 atom stereocenters. The van der Waals surface area contributed by atoms with Crippen LogP contribution in [0.4, 0.5) is 10.1 Å². The van der Waals surface area contributed by atoms with Crippen molar-refractivity contribution >= 4 is 22.5 Å². The molecule has 1 aliphatic rings. The first-order valence-electron chi connectivity index (χ1n) is 12.5.